The summed E-state index contributed by atoms with van der Waals surface area (Å²) in [5.41, 5.74) is -1.04. The summed E-state index contributed by atoms with van der Waals surface area (Å²) in [5, 5.41) is 3.85. The third-order valence-corrected chi connectivity index (χ3v) is 5.67. The number of alkyl halides is 3. The van der Waals surface area contributed by atoms with Crippen LogP contribution in [-0.4, -0.2) is 51.3 Å². The highest BCUT2D eigenvalue weighted by Gasteiger charge is 2.36. The lowest BCUT2D eigenvalue weighted by atomic mass is 10.1. The number of benzene rings is 1. The number of hydrogen-bond donors (Lipinski definition) is 0. The molecule has 1 aromatic carbocycles. The highest BCUT2D eigenvalue weighted by atomic mass is 19.4. The summed E-state index contributed by atoms with van der Waals surface area (Å²) in [6.45, 7) is 2.82. The molecule has 32 heavy (non-hydrogen) atoms. The minimum atomic E-state index is -4.72. The van der Waals surface area contributed by atoms with E-state index in [0.717, 1.165) is 10.3 Å². The largest absolute Gasteiger partial charge is 0.417 e. The van der Waals surface area contributed by atoms with Gasteiger partial charge in [0, 0.05) is 45.0 Å². The second-order valence-electron chi connectivity index (χ2n) is 7.73. The van der Waals surface area contributed by atoms with Crippen LogP contribution in [0.3, 0.4) is 0 Å². The van der Waals surface area contributed by atoms with Gasteiger partial charge >= 0.3 is 6.18 Å². The molecule has 0 unspecified atom stereocenters. The maximum Gasteiger partial charge on any atom is 0.417 e. The first-order valence-corrected chi connectivity index (χ1v) is 9.99. The van der Waals surface area contributed by atoms with Crippen LogP contribution >= 0.6 is 0 Å². The van der Waals surface area contributed by atoms with Gasteiger partial charge in [-0.3, -0.25) is 18.8 Å². The minimum absolute atomic E-state index is 0.0411. The second kappa shape index (κ2) is 7.95. The van der Waals surface area contributed by atoms with E-state index in [-0.39, 0.29) is 35.0 Å². The van der Waals surface area contributed by atoms with E-state index in [0.29, 0.717) is 32.2 Å². The summed E-state index contributed by atoms with van der Waals surface area (Å²) in [7, 11) is 1.44. The number of pyridine rings is 1. The van der Waals surface area contributed by atoms with Gasteiger partial charge in [0.1, 0.15) is 18.0 Å². The van der Waals surface area contributed by atoms with Gasteiger partial charge in [0.05, 0.1) is 16.6 Å². The predicted molar refractivity (Wildman–Crippen MR) is 110 cm³/mol. The van der Waals surface area contributed by atoms with E-state index in [1.165, 1.54) is 30.8 Å². The molecule has 170 valence electrons. The standard InChI is InChI=1S/C21H21F4N5O2/c1-13-19-16(21(23,24)25)11-17(31)30(20(19)27(2)26-13)12-18(32)29-9-7-28(8-10-29)15-5-3-14(22)4-6-15/h3-6,11H,7-10,12H2,1-2H3. The number of anilines is 1. The Kier molecular flexibility index (Phi) is 5.43. The molecular weight excluding hydrogens is 430 g/mol. The van der Waals surface area contributed by atoms with Crippen LogP contribution in [0.25, 0.3) is 11.0 Å². The van der Waals surface area contributed by atoms with Crippen molar-refractivity contribution in [1.82, 2.24) is 19.2 Å². The maximum atomic E-state index is 13.5. The molecule has 0 aliphatic carbocycles. The van der Waals surface area contributed by atoms with Gasteiger partial charge in [0.2, 0.25) is 5.91 Å². The molecule has 7 nitrogen and oxygen atoms in total. The zero-order valence-electron chi connectivity index (χ0n) is 17.5. The quantitative estimate of drug-likeness (QED) is 0.575. The lowest BCUT2D eigenvalue weighted by Gasteiger charge is -2.36. The van der Waals surface area contributed by atoms with Crippen molar-refractivity contribution >= 4 is 22.6 Å². The summed E-state index contributed by atoms with van der Waals surface area (Å²) in [6.07, 6.45) is -4.72. The Hall–Kier alpha value is -3.37. The number of nitrogens with zero attached hydrogens (tertiary/aromatic N) is 5. The van der Waals surface area contributed by atoms with Gasteiger partial charge < -0.3 is 9.80 Å². The molecule has 0 radical (unpaired) electrons. The van der Waals surface area contributed by atoms with Crippen LogP contribution in [-0.2, 0) is 24.6 Å². The average molecular weight is 451 g/mol. The van der Waals surface area contributed by atoms with Crippen molar-refractivity contribution in [3.8, 4) is 0 Å². The Morgan fingerprint density at radius 2 is 1.72 bits per heavy atom. The molecule has 1 aliphatic rings. The summed E-state index contributed by atoms with van der Waals surface area (Å²) in [6, 6.07) is 6.58. The highest BCUT2D eigenvalue weighted by Crippen LogP contribution is 2.35. The normalized spacial score (nSPS) is 14.9. The molecule has 3 aromatic rings. The summed E-state index contributed by atoms with van der Waals surface area (Å²) in [5.74, 6) is -0.702. The highest BCUT2D eigenvalue weighted by molar-refractivity contribution is 5.85. The third-order valence-electron chi connectivity index (χ3n) is 5.67. The van der Waals surface area contributed by atoms with Gasteiger partial charge in [-0.05, 0) is 31.2 Å². The van der Waals surface area contributed by atoms with Crippen molar-refractivity contribution in [2.75, 3.05) is 31.1 Å². The Balaban J connectivity index is 1.57. The van der Waals surface area contributed by atoms with Gasteiger partial charge in [-0.1, -0.05) is 0 Å². The van der Waals surface area contributed by atoms with E-state index in [2.05, 4.69) is 5.10 Å². The predicted octanol–water partition coefficient (Wildman–Crippen LogP) is 2.55. The summed E-state index contributed by atoms with van der Waals surface area (Å²) >= 11 is 0. The first kappa shape index (κ1) is 21.8. The van der Waals surface area contributed by atoms with Crippen molar-refractivity contribution in [3.05, 3.63) is 57.8 Å². The number of piperazine rings is 1. The van der Waals surface area contributed by atoms with Crippen LogP contribution < -0.4 is 10.5 Å². The number of rotatable bonds is 3. The van der Waals surface area contributed by atoms with Crippen LogP contribution in [0, 0.1) is 12.7 Å². The fourth-order valence-electron chi connectivity index (χ4n) is 4.13. The molecule has 1 amide bonds. The van der Waals surface area contributed by atoms with Crippen molar-refractivity contribution in [3.63, 3.8) is 0 Å². The average Bonchev–Trinajstić information content (AvgIpc) is 3.03. The van der Waals surface area contributed by atoms with E-state index < -0.39 is 17.3 Å². The summed E-state index contributed by atoms with van der Waals surface area (Å²) in [4.78, 5) is 29.0. The number of carbonyl (C=O) groups excluding carboxylic acids is 1. The molecule has 0 atom stereocenters. The zero-order valence-corrected chi connectivity index (χ0v) is 17.5. The number of halogens is 4. The fraction of sp³-hybridized carbons (Fsp3) is 0.381. The minimum Gasteiger partial charge on any atom is -0.368 e. The Labute approximate surface area is 180 Å². The van der Waals surface area contributed by atoms with Crippen LogP contribution in [0.1, 0.15) is 11.3 Å². The molecule has 1 saturated heterocycles. The molecule has 1 fully saturated rings. The topological polar surface area (TPSA) is 63.4 Å². The third kappa shape index (κ3) is 3.94. The molecule has 0 saturated carbocycles. The van der Waals surface area contributed by atoms with Crippen molar-refractivity contribution in [2.24, 2.45) is 7.05 Å². The number of amides is 1. The monoisotopic (exact) mass is 451 g/mol. The molecule has 11 heteroatoms. The number of hydrogen-bond acceptors (Lipinski definition) is 4. The van der Waals surface area contributed by atoms with Crippen molar-refractivity contribution < 1.29 is 22.4 Å². The van der Waals surface area contributed by atoms with Gasteiger partial charge in [-0.2, -0.15) is 18.3 Å². The van der Waals surface area contributed by atoms with Gasteiger partial charge in [0.15, 0.2) is 0 Å². The maximum absolute atomic E-state index is 13.5. The SMILES string of the molecule is Cc1nn(C)c2c1c(C(F)(F)F)cc(=O)n2CC(=O)N1CCN(c2ccc(F)cc2)CC1. The first-order valence-electron chi connectivity index (χ1n) is 9.99. The smallest absolute Gasteiger partial charge is 0.368 e. The van der Waals surface area contributed by atoms with Crippen LogP contribution in [0.15, 0.2) is 35.1 Å². The molecule has 0 spiro atoms. The lowest BCUT2D eigenvalue weighted by molar-refractivity contribution is -0.136. The number of carbonyl (C=O) groups is 1. The van der Waals surface area contributed by atoms with E-state index in [4.69, 9.17) is 0 Å². The van der Waals surface area contributed by atoms with Gasteiger partial charge in [-0.25, -0.2) is 4.39 Å². The number of aromatic nitrogens is 3. The Bertz CT molecular complexity index is 1220. The molecular formula is C21H21F4N5O2. The van der Waals surface area contributed by atoms with Crippen LogP contribution in [0.4, 0.5) is 23.2 Å². The molecule has 0 bridgehead atoms. The molecule has 3 heterocycles. The second-order valence-corrected chi connectivity index (χ2v) is 7.73. The van der Waals surface area contributed by atoms with Crippen molar-refractivity contribution in [2.45, 2.75) is 19.6 Å². The molecule has 2 aromatic heterocycles. The van der Waals surface area contributed by atoms with Crippen LogP contribution in [0.2, 0.25) is 0 Å². The van der Waals surface area contributed by atoms with Gasteiger partial charge in [0.25, 0.3) is 5.56 Å². The van der Waals surface area contributed by atoms with Crippen molar-refractivity contribution in [1.29, 1.82) is 0 Å². The van der Waals surface area contributed by atoms with Gasteiger partial charge in [-0.15, -0.1) is 0 Å². The number of aryl methyl sites for hydroxylation is 2. The van der Waals surface area contributed by atoms with E-state index >= 15 is 0 Å². The van der Waals surface area contributed by atoms with E-state index in [1.54, 1.807) is 17.0 Å². The molecule has 0 N–H and O–H groups in total. The fourth-order valence-corrected chi connectivity index (χ4v) is 4.13. The molecule has 4 rings (SSSR count). The van der Waals surface area contributed by atoms with E-state index in [9.17, 15) is 27.2 Å². The van der Waals surface area contributed by atoms with Crippen LogP contribution in [0.5, 0.6) is 0 Å². The first-order chi connectivity index (χ1) is 15.1. The Morgan fingerprint density at radius 1 is 1.09 bits per heavy atom. The number of fused-ring (bicyclic) bond motifs is 1. The zero-order chi connectivity index (χ0) is 23.2. The Morgan fingerprint density at radius 3 is 2.31 bits per heavy atom. The summed E-state index contributed by atoms with van der Waals surface area (Å²) < 4.78 is 55.8. The molecule has 1 aliphatic heterocycles. The lowest BCUT2D eigenvalue weighted by Crippen LogP contribution is -2.50. The van der Waals surface area contributed by atoms with E-state index in [1.807, 2.05) is 4.90 Å².